The third kappa shape index (κ3) is 9.78. The molecule has 2 aromatic rings. The molecule has 2 amide bonds. The molecule has 1 saturated heterocycles. The van der Waals surface area contributed by atoms with Crippen molar-refractivity contribution in [2.45, 2.75) is 95.1 Å². The lowest BCUT2D eigenvalue weighted by Gasteiger charge is -2.42. The fourth-order valence-electron chi connectivity index (χ4n) is 6.69. The standard InChI is InChI=1S/C34H47N7O5S2/c1-24-31(26-11-8-10-25(20-26)21-35)46-34(38-24)40-17-18-41(30(23-40)32(42)36-22-28-14-9-19-47-28)33(43)29(39-27-12-4-3-5-13-27)15-6-7-16-37-48(2,44)45/h8-11,14,19-20,24,27,29-31,37,39H,3-7,12-13,15-18,22-23H2,1-2H3,(H,36,42)/t24-,29?,30-,31+/m0/s1. The highest BCUT2D eigenvalue weighted by atomic mass is 32.2. The molecule has 1 aromatic heterocycles. The van der Waals surface area contributed by atoms with Crippen LogP contribution in [0.4, 0.5) is 0 Å². The maximum absolute atomic E-state index is 14.4. The smallest absolute Gasteiger partial charge is 0.288 e. The van der Waals surface area contributed by atoms with Gasteiger partial charge >= 0.3 is 0 Å². The van der Waals surface area contributed by atoms with Gasteiger partial charge in [-0.2, -0.15) is 5.26 Å². The number of piperazine rings is 1. The second-order valence-electron chi connectivity index (χ2n) is 12.9. The molecule has 3 aliphatic rings. The average molecular weight is 698 g/mol. The Kier molecular flexibility index (Phi) is 12.5. The first-order chi connectivity index (χ1) is 23.1. The average Bonchev–Trinajstić information content (AvgIpc) is 3.76. The van der Waals surface area contributed by atoms with E-state index in [0.717, 1.165) is 42.4 Å². The summed E-state index contributed by atoms with van der Waals surface area (Å²) < 4.78 is 32.0. The van der Waals surface area contributed by atoms with Gasteiger partial charge < -0.3 is 25.2 Å². The zero-order chi connectivity index (χ0) is 34.1. The molecule has 0 bridgehead atoms. The molecule has 4 atom stereocenters. The highest BCUT2D eigenvalue weighted by Crippen LogP contribution is 2.31. The van der Waals surface area contributed by atoms with Crippen LogP contribution < -0.4 is 15.4 Å². The maximum atomic E-state index is 14.4. The highest BCUT2D eigenvalue weighted by Gasteiger charge is 2.41. The van der Waals surface area contributed by atoms with E-state index in [0.29, 0.717) is 57.0 Å². The van der Waals surface area contributed by atoms with E-state index in [2.05, 4.69) is 21.4 Å². The van der Waals surface area contributed by atoms with Crippen LogP contribution in [-0.4, -0.2) is 92.7 Å². The molecule has 3 heterocycles. The number of sulfonamides is 1. The lowest BCUT2D eigenvalue weighted by Crippen LogP contribution is -2.64. The molecule has 260 valence electrons. The minimum absolute atomic E-state index is 0.110. The lowest BCUT2D eigenvalue weighted by molar-refractivity contribution is -0.145. The molecule has 0 spiro atoms. The van der Waals surface area contributed by atoms with Gasteiger partial charge in [-0.25, -0.2) is 18.1 Å². The van der Waals surface area contributed by atoms with Crippen LogP contribution >= 0.6 is 11.3 Å². The highest BCUT2D eigenvalue weighted by molar-refractivity contribution is 7.88. The van der Waals surface area contributed by atoms with Crippen molar-refractivity contribution in [1.29, 1.82) is 5.26 Å². The van der Waals surface area contributed by atoms with Gasteiger partial charge in [0.1, 0.15) is 12.1 Å². The summed E-state index contributed by atoms with van der Waals surface area (Å²) in [5.41, 5.74) is 1.41. The van der Waals surface area contributed by atoms with Gasteiger partial charge in [-0.15, -0.1) is 11.3 Å². The number of thiophene rings is 1. The minimum atomic E-state index is -3.28. The van der Waals surface area contributed by atoms with Crippen molar-refractivity contribution in [3.8, 4) is 6.07 Å². The van der Waals surface area contributed by atoms with E-state index < -0.39 is 22.1 Å². The van der Waals surface area contributed by atoms with Crippen molar-refractivity contribution in [1.82, 2.24) is 25.2 Å². The Balaban J connectivity index is 1.31. The predicted octanol–water partition coefficient (Wildman–Crippen LogP) is 3.28. The summed E-state index contributed by atoms with van der Waals surface area (Å²) in [5, 5.41) is 18.0. The number of aliphatic imine (C=N–C) groups is 1. The predicted molar refractivity (Wildman–Crippen MR) is 186 cm³/mol. The van der Waals surface area contributed by atoms with Crippen molar-refractivity contribution >= 4 is 39.2 Å². The fraction of sp³-hybridized carbons (Fsp3) is 0.588. The van der Waals surface area contributed by atoms with Crippen LogP contribution in [0.5, 0.6) is 0 Å². The van der Waals surface area contributed by atoms with E-state index in [1.807, 2.05) is 47.5 Å². The summed E-state index contributed by atoms with van der Waals surface area (Å²) in [6, 6.07) is 12.6. The van der Waals surface area contributed by atoms with E-state index in [1.54, 1.807) is 22.3 Å². The molecule has 1 aromatic carbocycles. The molecule has 2 fully saturated rings. The van der Waals surface area contributed by atoms with Gasteiger partial charge in [0.25, 0.3) is 6.02 Å². The molecule has 1 aliphatic carbocycles. The monoisotopic (exact) mass is 697 g/mol. The fourth-order valence-corrected chi connectivity index (χ4v) is 7.85. The summed E-state index contributed by atoms with van der Waals surface area (Å²) >= 11 is 1.56. The zero-order valence-corrected chi connectivity index (χ0v) is 29.4. The van der Waals surface area contributed by atoms with Gasteiger partial charge in [-0.05, 0) is 61.7 Å². The normalized spacial score (nSPS) is 22.4. The number of amides is 2. The third-order valence-electron chi connectivity index (χ3n) is 9.21. The molecule has 2 aliphatic heterocycles. The van der Waals surface area contributed by atoms with Crippen LogP contribution in [0, 0.1) is 11.3 Å². The van der Waals surface area contributed by atoms with Crippen molar-refractivity contribution in [3.05, 3.63) is 57.8 Å². The molecule has 0 radical (unpaired) electrons. The largest absolute Gasteiger partial charge is 0.455 e. The number of carbonyl (C=O) groups is 2. The molecule has 5 rings (SSSR count). The number of nitrogens with zero attached hydrogens (tertiary/aromatic N) is 4. The second-order valence-corrected chi connectivity index (χ2v) is 15.8. The molecule has 48 heavy (non-hydrogen) atoms. The Morgan fingerprint density at radius 3 is 2.69 bits per heavy atom. The summed E-state index contributed by atoms with van der Waals surface area (Å²) in [6.45, 7) is 3.66. The topological polar surface area (TPSA) is 156 Å². The second kappa shape index (κ2) is 16.7. The van der Waals surface area contributed by atoms with Crippen LogP contribution in [0.2, 0.25) is 0 Å². The third-order valence-corrected chi connectivity index (χ3v) is 10.8. The first kappa shape index (κ1) is 35.8. The maximum Gasteiger partial charge on any atom is 0.288 e. The summed E-state index contributed by atoms with van der Waals surface area (Å²) in [7, 11) is -3.28. The summed E-state index contributed by atoms with van der Waals surface area (Å²) in [6.07, 6.45) is 8.02. The number of hydrogen-bond donors (Lipinski definition) is 3. The SMILES string of the molecule is C[C@@H]1N=C(N2CCN(C(=O)C(CCCCNS(C)(=O)=O)NC3CCCCC3)[C@H](C(=O)NCc3cccs3)C2)O[C@H]1c1cccc(C#N)c1. The summed E-state index contributed by atoms with van der Waals surface area (Å²) in [4.78, 5) is 37.7. The van der Waals surface area contributed by atoms with Gasteiger partial charge in [0.15, 0.2) is 0 Å². The van der Waals surface area contributed by atoms with Crippen molar-refractivity contribution in [3.63, 3.8) is 0 Å². The number of rotatable bonds is 13. The molecule has 12 nitrogen and oxygen atoms in total. The van der Waals surface area contributed by atoms with Crippen LogP contribution in [0.25, 0.3) is 0 Å². The number of benzene rings is 1. The van der Waals surface area contributed by atoms with Gasteiger partial charge in [0, 0.05) is 30.6 Å². The molecular weight excluding hydrogens is 651 g/mol. The Hall–Kier alpha value is -3.51. The Bertz CT molecular complexity index is 1570. The van der Waals surface area contributed by atoms with E-state index in [-0.39, 0.29) is 36.5 Å². The van der Waals surface area contributed by atoms with Crippen molar-refractivity contribution in [2.24, 2.45) is 4.99 Å². The van der Waals surface area contributed by atoms with E-state index >= 15 is 0 Å². The first-order valence-electron chi connectivity index (χ1n) is 16.9. The molecule has 1 unspecified atom stereocenters. The zero-order valence-electron chi connectivity index (χ0n) is 27.8. The van der Waals surface area contributed by atoms with Crippen LogP contribution in [0.3, 0.4) is 0 Å². The number of amidine groups is 1. The van der Waals surface area contributed by atoms with Crippen molar-refractivity contribution < 1.29 is 22.7 Å². The number of ether oxygens (including phenoxy) is 1. The molecular formula is C34H47N7O5S2. The lowest BCUT2D eigenvalue weighted by atomic mass is 9.94. The molecule has 14 heteroatoms. The number of nitriles is 1. The van der Waals surface area contributed by atoms with Crippen molar-refractivity contribution in [2.75, 3.05) is 32.4 Å². The molecule has 3 N–H and O–H groups in total. The Morgan fingerprint density at radius 1 is 1.15 bits per heavy atom. The van der Waals surface area contributed by atoms with Gasteiger partial charge in [-0.3, -0.25) is 9.59 Å². The van der Waals surface area contributed by atoms with Gasteiger partial charge in [-0.1, -0.05) is 43.9 Å². The van der Waals surface area contributed by atoms with Crippen LogP contribution in [0.15, 0.2) is 46.8 Å². The Labute approximate surface area is 288 Å². The van der Waals surface area contributed by atoms with E-state index in [1.165, 1.54) is 6.42 Å². The van der Waals surface area contributed by atoms with Gasteiger partial charge in [0.2, 0.25) is 21.8 Å². The number of hydrogen-bond acceptors (Lipinski definition) is 10. The number of unbranched alkanes of at least 4 members (excludes halogenated alkanes) is 1. The summed E-state index contributed by atoms with van der Waals surface area (Å²) in [5.74, 6) is -0.346. The van der Waals surface area contributed by atoms with Gasteiger partial charge in [0.05, 0.1) is 43.1 Å². The van der Waals surface area contributed by atoms with E-state index in [4.69, 9.17) is 9.73 Å². The number of nitrogens with one attached hydrogen (secondary N) is 3. The minimum Gasteiger partial charge on any atom is -0.455 e. The number of carbonyl (C=O) groups excluding carboxylic acids is 2. The Morgan fingerprint density at radius 2 is 1.96 bits per heavy atom. The van der Waals surface area contributed by atoms with Crippen LogP contribution in [-0.2, 0) is 30.9 Å². The first-order valence-corrected chi connectivity index (χ1v) is 19.7. The van der Waals surface area contributed by atoms with E-state index in [9.17, 15) is 23.3 Å². The molecule has 1 saturated carbocycles. The quantitative estimate of drug-likeness (QED) is 0.270. The van der Waals surface area contributed by atoms with Crippen LogP contribution in [0.1, 0.15) is 80.4 Å².